The molecule has 1 aromatic carbocycles. The lowest BCUT2D eigenvalue weighted by molar-refractivity contribution is -0.144. The van der Waals surface area contributed by atoms with E-state index in [1.54, 1.807) is 12.1 Å². The van der Waals surface area contributed by atoms with Crippen LogP contribution in [0.4, 0.5) is 4.39 Å². The van der Waals surface area contributed by atoms with Gasteiger partial charge < -0.3 is 5.11 Å². The Balaban J connectivity index is 2.47. The van der Waals surface area contributed by atoms with Crippen molar-refractivity contribution in [2.75, 3.05) is 0 Å². The molecular formula is C14H17FO2. The van der Waals surface area contributed by atoms with Crippen LogP contribution in [-0.4, -0.2) is 11.1 Å². The van der Waals surface area contributed by atoms with E-state index in [1.165, 1.54) is 12.1 Å². The summed E-state index contributed by atoms with van der Waals surface area (Å²) in [5.74, 6) is -1.21. The van der Waals surface area contributed by atoms with Gasteiger partial charge in [0, 0.05) is 0 Å². The van der Waals surface area contributed by atoms with Crippen LogP contribution in [-0.2, 0) is 10.2 Å². The molecule has 17 heavy (non-hydrogen) atoms. The summed E-state index contributed by atoms with van der Waals surface area (Å²) in [5.41, 5.74) is -0.313. The van der Waals surface area contributed by atoms with Gasteiger partial charge in [-0.3, -0.25) is 4.79 Å². The number of rotatable bonds is 2. The van der Waals surface area contributed by atoms with Crippen LogP contribution < -0.4 is 0 Å². The number of benzene rings is 1. The molecule has 0 saturated heterocycles. The molecule has 1 unspecified atom stereocenters. The highest BCUT2D eigenvalue weighted by Gasteiger charge is 2.49. The van der Waals surface area contributed by atoms with Gasteiger partial charge in [0.25, 0.3) is 0 Å². The highest BCUT2D eigenvalue weighted by atomic mass is 19.1. The van der Waals surface area contributed by atoms with Gasteiger partial charge in [-0.1, -0.05) is 26.0 Å². The molecule has 2 nitrogen and oxygen atoms in total. The van der Waals surface area contributed by atoms with Crippen molar-refractivity contribution in [1.82, 2.24) is 0 Å². The third kappa shape index (κ3) is 2.06. The summed E-state index contributed by atoms with van der Waals surface area (Å²) in [6.07, 6.45) is 2.01. The fourth-order valence-electron chi connectivity index (χ4n) is 2.88. The predicted octanol–water partition coefficient (Wildman–Crippen LogP) is 3.36. The van der Waals surface area contributed by atoms with Crippen LogP contribution in [0.2, 0.25) is 0 Å². The van der Waals surface area contributed by atoms with E-state index in [0.29, 0.717) is 18.4 Å². The van der Waals surface area contributed by atoms with Crippen LogP contribution in [0.25, 0.3) is 0 Å². The zero-order valence-electron chi connectivity index (χ0n) is 10.2. The van der Waals surface area contributed by atoms with Gasteiger partial charge in [-0.2, -0.15) is 0 Å². The first-order valence-corrected chi connectivity index (χ1v) is 5.85. The molecule has 0 aromatic heterocycles. The lowest BCUT2D eigenvalue weighted by Crippen LogP contribution is -2.34. The SMILES string of the molecule is CC1(C)CCC(C(=O)O)(c2cccc(F)c2)C1. The minimum Gasteiger partial charge on any atom is -0.481 e. The van der Waals surface area contributed by atoms with Crippen LogP contribution in [0.3, 0.4) is 0 Å². The molecule has 92 valence electrons. The number of aliphatic carboxylic acids is 1. The van der Waals surface area contributed by atoms with E-state index >= 15 is 0 Å². The molecule has 0 spiro atoms. The Morgan fingerprint density at radius 2 is 2.06 bits per heavy atom. The molecule has 0 amide bonds. The number of carbonyl (C=O) groups is 1. The molecule has 0 bridgehead atoms. The molecule has 3 heteroatoms. The van der Waals surface area contributed by atoms with Crippen molar-refractivity contribution in [3.63, 3.8) is 0 Å². The predicted molar refractivity (Wildman–Crippen MR) is 63.3 cm³/mol. The number of carboxylic acid groups (broad SMARTS) is 1. The fourth-order valence-corrected chi connectivity index (χ4v) is 2.88. The van der Waals surface area contributed by atoms with Crippen molar-refractivity contribution in [2.45, 2.75) is 38.5 Å². The second-order valence-corrected chi connectivity index (χ2v) is 5.74. The average molecular weight is 236 g/mol. The van der Waals surface area contributed by atoms with Crippen molar-refractivity contribution in [3.8, 4) is 0 Å². The van der Waals surface area contributed by atoms with Crippen LogP contribution >= 0.6 is 0 Å². The Hall–Kier alpha value is -1.38. The minimum absolute atomic E-state index is 0.00467. The molecule has 1 saturated carbocycles. The quantitative estimate of drug-likeness (QED) is 0.854. The maximum atomic E-state index is 13.3. The second-order valence-electron chi connectivity index (χ2n) is 5.74. The Morgan fingerprint density at radius 1 is 1.35 bits per heavy atom. The Labute approximate surface area is 100 Å². The first kappa shape index (κ1) is 12.1. The summed E-state index contributed by atoms with van der Waals surface area (Å²) in [6.45, 7) is 4.13. The number of halogens is 1. The molecule has 1 atom stereocenters. The van der Waals surface area contributed by atoms with Gasteiger partial charge in [-0.15, -0.1) is 0 Å². The van der Waals surface area contributed by atoms with E-state index in [-0.39, 0.29) is 11.2 Å². The van der Waals surface area contributed by atoms with Crippen molar-refractivity contribution < 1.29 is 14.3 Å². The van der Waals surface area contributed by atoms with E-state index in [9.17, 15) is 14.3 Å². The van der Waals surface area contributed by atoms with Crippen LogP contribution in [0.5, 0.6) is 0 Å². The van der Waals surface area contributed by atoms with Gasteiger partial charge in [0.1, 0.15) is 5.82 Å². The molecule has 0 heterocycles. The van der Waals surface area contributed by atoms with Gasteiger partial charge in [0.15, 0.2) is 0 Å². The number of hydrogen-bond donors (Lipinski definition) is 1. The Bertz CT molecular complexity index is 453. The van der Waals surface area contributed by atoms with E-state index in [1.807, 2.05) is 0 Å². The monoisotopic (exact) mass is 236 g/mol. The maximum absolute atomic E-state index is 13.3. The lowest BCUT2D eigenvalue weighted by atomic mass is 9.76. The largest absolute Gasteiger partial charge is 0.481 e. The molecule has 2 rings (SSSR count). The van der Waals surface area contributed by atoms with Crippen molar-refractivity contribution in [3.05, 3.63) is 35.6 Å². The Morgan fingerprint density at radius 3 is 2.53 bits per heavy atom. The molecule has 1 aliphatic rings. The molecule has 1 N–H and O–H groups in total. The fraction of sp³-hybridized carbons (Fsp3) is 0.500. The number of hydrogen-bond acceptors (Lipinski definition) is 1. The maximum Gasteiger partial charge on any atom is 0.314 e. The normalized spacial score (nSPS) is 27.0. The first-order chi connectivity index (χ1) is 7.86. The van der Waals surface area contributed by atoms with E-state index < -0.39 is 11.4 Å². The smallest absolute Gasteiger partial charge is 0.314 e. The summed E-state index contributed by atoms with van der Waals surface area (Å²) in [4.78, 5) is 11.6. The third-order valence-corrected chi connectivity index (χ3v) is 3.80. The second kappa shape index (κ2) is 3.83. The third-order valence-electron chi connectivity index (χ3n) is 3.80. The zero-order valence-corrected chi connectivity index (χ0v) is 10.2. The summed E-state index contributed by atoms with van der Waals surface area (Å²) < 4.78 is 13.3. The molecule has 1 aliphatic carbocycles. The topological polar surface area (TPSA) is 37.3 Å². The van der Waals surface area contributed by atoms with Gasteiger partial charge >= 0.3 is 5.97 Å². The molecule has 0 radical (unpaired) electrons. The minimum atomic E-state index is -0.911. The average Bonchev–Trinajstić information content (AvgIpc) is 2.56. The van der Waals surface area contributed by atoms with Gasteiger partial charge in [-0.05, 0) is 42.4 Å². The molecular weight excluding hydrogens is 219 g/mol. The Kier molecular flexibility index (Phi) is 2.72. The zero-order chi connectivity index (χ0) is 12.7. The van der Waals surface area contributed by atoms with Crippen molar-refractivity contribution in [2.24, 2.45) is 5.41 Å². The summed E-state index contributed by atoms with van der Waals surface area (Å²) in [7, 11) is 0. The van der Waals surface area contributed by atoms with E-state index in [0.717, 1.165) is 6.42 Å². The highest BCUT2D eigenvalue weighted by Crippen LogP contribution is 2.50. The molecule has 0 aliphatic heterocycles. The molecule has 1 aromatic rings. The van der Waals surface area contributed by atoms with Gasteiger partial charge in [0.05, 0.1) is 5.41 Å². The summed E-state index contributed by atoms with van der Waals surface area (Å²) in [6, 6.07) is 6.01. The van der Waals surface area contributed by atoms with Crippen molar-refractivity contribution in [1.29, 1.82) is 0 Å². The molecule has 1 fully saturated rings. The van der Waals surface area contributed by atoms with Crippen molar-refractivity contribution >= 4 is 5.97 Å². The van der Waals surface area contributed by atoms with Gasteiger partial charge in [0.2, 0.25) is 0 Å². The summed E-state index contributed by atoms with van der Waals surface area (Å²) in [5, 5.41) is 9.52. The first-order valence-electron chi connectivity index (χ1n) is 5.85. The highest BCUT2D eigenvalue weighted by molar-refractivity contribution is 5.82. The summed E-state index contributed by atoms with van der Waals surface area (Å²) >= 11 is 0. The van der Waals surface area contributed by atoms with E-state index in [2.05, 4.69) is 13.8 Å². The van der Waals surface area contributed by atoms with Gasteiger partial charge in [-0.25, -0.2) is 4.39 Å². The van der Waals surface area contributed by atoms with E-state index in [4.69, 9.17) is 0 Å². The van der Waals surface area contributed by atoms with Crippen LogP contribution in [0, 0.1) is 11.2 Å². The van der Waals surface area contributed by atoms with Crippen LogP contribution in [0.1, 0.15) is 38.7 Å². The standard InChI is InChI=1S/C14H17FO2/c1-13(2)6-7-14(9-13,12(16)17)10-4-3-5-11(15)8-10/h3-5,8H,6-7,9H2,1-2H3,(H,16,17). The van der Waals surface area contributed by atoms with Crippen LogP contribution in [0.15, 0.2) is 24.3 Å². The number of carboxylic acids is 1. The lowest BCUT2D eigenvalue weighted by Gasteiger charge is -2.27.